The second kappa shape index (κ2) is 4.11. The van der Waals surface area contributed by atoms with Crippen molar-refractivity contribution in [2.75, 3.05) is 5.32 Å². The van der Waals surface area contributed by atoms with Crippen molar-refractivity contribution in [3.63, 3.8) is 0 Å². The van der Waals surface area contributed by atoms with Crippen LogP contribution in [0.15, 0.2) is 34.8 Å². The smallest absolute Gasteiger partial charge is 0.114 e. The van der Waals surface area contributed by atoms with Gasteiger partial charge in [-0.1, -0.05) is 15.9 Å². The van der Waals surface area contributed by atoms with Crippen LogP contribution >= 0.6 is 27.5 Å². The minimum Gasteiger partial charge on any atom is -0.346 e. The first-order valence-electron chi connectivity index (χ1n) is 4.20. The highest BCUT2D eigenvalue weighted by Crippen LogP contribution is 2.22. The Kier molecular flexibility index (Phi) is 2.84. The van der Waals surface area contributed by atoms with Crippen LogP contribution < -0.4 is 5.32 Å². The molecule has 0 saturated heterocycles. The van der Waals surface area contributed by atoms with E-state index < -0.39 is 0 Å². The van der Waals surface area contributed by atoms with Gasteiger partial charge in [-0.15, -0.1) is 0 Å². The van der Waals surface area contributed by atoms with Crippen molar-refractivity contribution in [2.45, 2.75) is 6.92 Å². The van der Waals surface area contributed by atoms with E-state index in [9.17, 15) is 0 Å². The van der Waals surface area contributed by atoms with E-state index in [1.807, 2.05) is 37.3 Å². The Bertz CT molecular complexity index is 422. The lowest BCUT2D eigenvalue weighted by atomic mass is 10.3. The molecule has 0 fully saturated rings. The molecule has 0 saturated carbocycles. The monoisotopic (exact) mass is 268 g/mol. The summed E-state index contributed by atoms with van der Waals surface area (Å²) >= 11 is 4.87. The molecular weight excluding hydrogens is 260 g/mol. The van der Waals surface area contributed by atoms with Crippen LogP contribution in [0.5, 0.6) is 0 Å². The van der Waals surface area contributed by atoms with Gasteiger partial charge in [-0.25, -0.2) is 0 Å². The third kappa shape index (κ3) is 2.33. The molecule has 0 aliphatic heterocycles. The molecule has 14 heavy (non-hydrogen) atoms. The van der Waals surface area contributed by atoms with E-state index in [-0.39, 0.29) is 0 Å². The van der Waals surface area contributed by atoms with Crippen molar-refractivity contribution in [3.05, 3.63) is 40.5 Å². The molecule has 0 radical (unpaired) electrons. The number of aryl methyl sites for hydroxylation is 1. The van der Waals surface area contributed by atoms with Crippen molar-refractivity contribution in [2.24, 2.45) is 0 Å². The second-order valence-electron chi connectivity index (χ2n) is 2.96. The Morgan fingerprint density at radius 2 is 2.00 bits per heavy atom. The van der Waals surface area contributed by atoms with Gasteiger partial charge in [0, 0.05) is 10.2 Å². The molecule has 0 atom stereocenters. The minimum atomic E-state index is 1.05. The molecule has 72 valence electrons. The average molecular weight is 269 g/mol. The molecule has 1 N–H and O–H groups in total. The SMILES string of the molecule is Cc1cc(Nc2ccc(Br)cc2)sn1. The highest BCUT2D eigenvalue weighted by atomic mass is 79.9. The second-order valence-corrected chi connectivity index (χ2v) is 4.69. The zero-order valence-electron chi connectivity index (χ0n) is 7.62. The van der Waals surface area contributed by atoms with E-state index in [0.717, 1.165) is 20.9 Å². The van der Waals surface area contributed by atoms with E-state index in [1.165, 1.54) is 11.5 Å². The van der Waals surface area contributed by atoms with Crippen LogP contribution in [0.1, 0.15) is 5.69 Å². The highest BCUT2D eigenvalue weighted by molar-refractivity contribution is 9.10. The Morgan fingerprint density at radius 3 is 2.57 bits per heavy atom. The minimum absolute atomic E-state index is 1.05. The van der Waals surface area contributed by atoms with E-state index >= 15 is 0 Å². The molecule has 2 nitrogen and oxygen atoms in total. The van der Waals surface area contributed by atoms with Crippen LogP contribution in [0.2, 0.25) is 0 Å². The number of anilines is 2. The highest BCUT2D eigenvalue weighted by Gasteiger charge is 1.98. The summed E-state index contributed by atoms with van der Waals surface area (Å²) in [5.74, 6) is 0. The van der Waals surface area contributed by atoms with Gasteiger partial charge in [-0.2, -0.15) is 4.37 Å². The molecular formula is C10H9BrN2S. The van der Waals surface area contributed by atoms with E-state index in [2.05, 4.69) is 25.6 Å². The van der Waals surface area contributed by atoms with Gasteiger partial charge in [0.1, 0.15) is 5.00 Å². The van der Waals surface area contributed by atoms with Gasteiger partial charge in [0.15, 0.2) is 0 Å². The van der Waals surface area contributed by atoms with Crippen molar-refractivity contribution in [1.29, 1.82) is 0 Å². The number of nitrogens with zero attached hydrogens (tertiary/aromatic N) is 1. The van der Waals surface area contributed by atoms with Gasteiger partial charge >= 0.3 is 0 Å². The lowest BCUT2D eigenvalue weighted by Crippen LogP contribution is -1.85. The third-order valence-corrected chi connectivity index (χ3v) is 3.06. The first kappa shape index (κ1) is 9.68. The van der Waals surface area contributed by atoms with E-state index in [1.54, 1.807) is 0 Å². The Morgan fingerprint density at radius 1 is 1.29 bits per heavy atom. The van der Waals surface area contributed by atoms with Gasteiger partial charge in [0.25, 0.3) is 0 Å². The maximum atomic E-state index is 4.20. The van der Waals surface area contributed by atoms with Gasteiger partial charge < -0.3 is 5.32 Å². The number of rotatable bonds is 2. The summed E-state index contributed by atoms with van der Waals surface area (Å²) in [7, 11) is 0. The Labute approximate surface area is 95.3 Å². The zero-order chi connectivity index (χ0) is 9.97. The number of hydrogen-bond donors (Lipinski definition) is 1. The standard InChI is InChI=1S/C10H9BrN2S/c1-7-6-10(14-13-7)12-9-4-2-8(11)3-5-9/h2-6,12H,1H3. The third-order valence-electron chi connectivity index (χ3n) is 1.74. The molecule has 0 amide bonds. The predicted molar refractivity (Wildman–Crippen MR) is 64.3 cm³/mol. The molecule has 1 aromatic heterocycles. The van der Waals surface area contributed by atoms with Gasteiger partial charge in [0.05, 0.1) is 5.69 Å². The van der Waals surface area contributed by atoms with Crippen molar-refractivity contribution >= 4 is 38.2 Å². The fourth-order valence-corrected chi connectivity index (χ4v) is 2.04. The van der Waals surface area contributed by atoms with Gasteiger partial charge in [-0.3, -0.25) is 0 Å². The van der Waals surface area contributed by atoms with Gasteiger partial charge in [0.2, 0.25) is 0 Å². The topological polar surface area (TPSA) is 24.9 Å². The number of aromatic nitrogens is 1. The van der Waals surface area contributed by atoms with Crippen LogP contribution in [0.4, 0.5) is 10.7 Å². The van der Waals surface area contributed by atoms with Crippen molar-refractivity contribution in [3.8, 4) is 0 Å². The number of hydrogen-bond acceptors (Lipinski definition) is 3. The van der Waals surface area contributed by atoms with E-state index in [0.29, 0.717) is 0 Å². The van der Waals surface area contributed by atoms with Gasteiger partial charge in [-0.05, 0) is 48.8 Å². The summed E-state index contributed by atoms with van der Waals surface area (Å²) < 4.78 is 5.29. The normalized spacial score (nSPS) is 10.1. The van der Waals surface area contributed by atoms with E-state index in [4.69, 9.17) is 0 Å². The fourth-order valence-electron chi connectivity index (χ4n) is 1.10. The lowest BCUT2D eigenvalue weighted by Gasteiger charge is -2.01. The molecule has 2 aromatic rings. The number of halogens is 1. The molecule has 0 aliphatic rings. The van der Waals surface area contributed by atoms with Crippen LogP contribution in [0, 0.1) is 6.92 Å². The number of benzene rings is 1. The molecule has 0 spiro atoms. The summed E-state index contributed by atoms with van der Waals surface area (Å²) in [5, 5.41) is 4.36. The van der Waals surface area contributed by atoms with Crippen LogP contribution in [-0.2, 0) is 0 Å². The molecule has 0 unspecified atom stereocenters. The molecule has 2 rings (SSSR count). The summed E-state index contributed by atoms with van der Waals surface area (Å²) in [6.07, 6.45) is 0. The molecule has 1 heterocycles. The number of nitrogens with one attached hydrogen (secondary N) is 1. The quantitative estimate of drug-likeness (QED) is 0.892. The maximum absolute atomic E-state index is 4.20. The van der Waals surface area contributed by atoms with Crippen molar-refractivity contribution < 1.29 is 0 Å². The predicted octanol–water partition coefficient (Wildman–Crippen LogP) is 3.96. The van der Waals surface area contributed by atoms with Crippen LogP contribution in [-0.4, -0.2) is 4.37 Å². The largest absolute Gasteiger partial charge is 0.346 e. The zero-order valence-corrected chi connectivity index (χ0v) is 10.0. The summed E-state index contributed by atoms with van der Waals surface area (Å²) in [5.41, 5.74) is 2.13. The van der Waals surface area contributed by atoms with Crippen molar-refractivity contribution in [1.82, 2.24) is 4.37 Å². The van der Waals surface area contributed by atoms with Crippen LogP contribution in [0.25, 0.3) is 0 Å². The molecule has 0 bridgehead atoms. The summed E-state index contributed by atoms with van der Waals surface area (Å²) in [6.45, 7) is 1.99. The average Bonchev–Trinajstić information content (AvgIpc) is 2.56. The maximum Gasteiger partial charge on any atom is 0.114 e. The van der Waals surface area contributed by atoms with Crippen LogP contribution in [0.3, 0.4) is 0 Å². The lowest BCUT2D eigenvalue weighted by molar-refractivity contribution is 1.35. The first-order chi connectivity index (χ1) is 6.74. The Balaban J connectivity index is 2.15. The molecule has 1 aromatic carbocycles. The Hall–Kier alpha value is -0.870. The first-order valence-corrected chi connectivity index (χ1v) is 5.76. The molecule has 0 aliphatic carbocycles. The summed E-state index contributed by atoms with van der Waals surface area (Å²) in [6, 6.07) is 10.1. The molecule has 4 heteroatoms. The summed E-state index contributed by atoms with van der Waals surface area (Å²) in [4.78, 5) is 0. The fraction of sp³-hybridized carbons (Fsp3) is 0.100.